The summed E-state index contributed by atoms with van der Waals surface area (Å²) in [6.07, 6.45) is 0.876. The number of anilines is 1. The molecule has 1 N–H and O–H groups in total. The fraction of sp³-hybridized carbons (Fsp3) is 0.750. The summed E-state index contributed by atoms with van der Waals surface area (Å²) in [5, 5.41) is 14.1. The topological polar surface area (TPSA) is 82.2 Å². The fourth-order valence-corrected chi connectivity index (χ4v) is 1.71. The molecule has 108 valence electrons. The zero-order valence-electron chi connectivity index (χ0n) is 12.2. The first-order chi connectivity index (χ1) is 8.78. The van der Waals surface area contributed by atoms with Gasteiger partial charge in [-0.05, 0) is 21.7 Å². The SMILES string of the molecule is COCCC(C)(C)CNc1c([N+](=O)[O-])nc(C)n1C. The third-order valence-corrected chi connectivity index (χ3v) is 3.19. The number of ether oxygens (including phenoxy) is 1. The molecule has 19 heavy (non-hydrogen) atoms. The first kappa shape index (κ1) is 15.4. The minimum absolute atomic E-state index is 0.0119. The van der Waals surface area contributed by atoms with Crippen LogP contribution in [0.15, 0.2) is 0 Å². The molecule has 0 aliphatic rings. The van der Waals surface area contributed by atoms with Crippen LogP contribution in [0.5, 0.6) is 0 Å². The van der Waals surface area contributed by atoms with Crippen LogP contribution in [0.3, 0.4) is 0 Å². The molecule has 0 spiro atoms. The number of nitrogens with zero attached hydrogens (tertiary/aromatic N) is 3. The quantitative estimate of drug-likeness (QED) is 0.606. The van der Waals surface area contributed by atoms with Crippen LogP contribution < -0.4 is 5.32 Å². The van der Waals surface area contributed by atoms with Gasteiger partial charge in [0.25, 0.3) is 0 Å². The maximum atomic E-state index is 11.0. The van der Waals surface area contributed by atoms with Crippen molar-refractivity contribution in [2.75, 3.05) is 25.6 Å². The Bertz CT molecular complexity index is 454. The molecule has 1 rings (SSSR count). The van der Waals surface area contributed by atoms with Gasteiger partial charge >= 0.3 is 5.82 Å². The minimum atomic E-state index is -0.461. The first-order valence-electron chi connectivity index (χ1n) is 6.19. The number of nitro groups is 1. The molecule has 7 nitrogen and oxygen atoms in total. The molecule has 0 aromatic carbocycles. The van der Waals surface area contributed by atoms with Gasteiger partial charge in [0, 0.05) is 34.2 Å². The summed E-state index contributed by atoms with van der Waals surface area (Å²) >= 11 is 0. The Labute approximate surface area is 113 Å². The Hall–Kier alpha value is -1.63. The van der Waals surface area contributed by atoms with Crippen molar-refractivity contribution < 1.29 is 9.66 Å². The Morgan fingerprint density at radius 1 is 1.53 bits per heavy atom. The molecule has 1 aromatic rings. The number of nitrogens with one attached hydrogen (secondary N) is 1. The summed E-state index contributed by atoms with van der Waals surface area (Å²) in [7, 11) is 3.43. The van der Waals surface area contributed by atoms with Crippen LogP contribution in [0.1, 0.15) is 26.1 Å². The van der Waals surface area contributed by atoms with Crippen molar-refractivity contribution in [1.29, 1.82) is 0 Å². The van der Waals surface area contributed by atoms with E-state index in [1.54, 1.807) is 25.6 Å². The maximum absolute atomic E-state index is 11.0. The predicted molar refractivity (Wildman–Crippen MR) is 73.4 cm³/mol. The van der Waals surface area contributed by atoms with E-state index in [0.717, 1.165) is 6.42 Å². The molecule has 0 saturated carbocycles. The van der Waals surface area contributed by atoms with E-state index in [4.69, 9.17) is 4.74 Å². The summed E-state index contributed by atoms with van der Waals surface area (Å²) in [6.45, 7) is 7.22. The lowest BCUT2D eigenvalue weighted by atomic mass is 9.90. The van der Waals surface area contributed by atoms with Gasteiger partial charge in [-0.15, -0.1) is 0 Å². The van der Waals surface area contributed by atoms with Crippen molar-refractivity contribution in [3.63, 3.8) is 0 Å². The molecule has 1 heterocycles. The Balaban J connectivity index is 2.80. The lowest BCUT2D eigenvalue weighted by Crippen LogP contribution is -2.25. The van der Waals surface area contributed by atoms with Crippen molar-refractivity contribution in [2.45, 2.75) is 27.2 Å². The molecule has 0 radical (unpaired) electrons. The zero-order valence-corrected chi connectivity index (χ0v) is 12.2. The second kappa shape index (κ2) is 6.01. The van der Waals surface area contributed by atoms with Crippen molar-refractivity contribution in [1.82, 2.24) is 9.55 Å². The average Bonchev–Trinajstić information content (AvgIpc) is 2.61. The van der Waals surface area contributed by atoms with E-state index in [1.165, 1.54) is 0 Å². The Kier molecular flexibility index (Phi) is 4.88. The summed E-state index contributed by atoms with van der Waals surface area (Å²) in [5.74, 6) is 0.944. The standard InChI is InChI=1S/C12H22N4O3/c1-9-14-11(16(17)18)10(15(9)4)13-8-12(2,3)6-7-19-5/h13H,6-8H2,1-5H3. The largest absolute Gasteiger partial charge is 0.406 e. The zero-order chi connectivity index (χ0) is 14.6. The number of hydrogen-bond donors (Lipinski definition) is 1. The van der Waals surface area contributed by atoms with E-state index >= 15 is 0 Å². The number of aromatic nitrogens is 2. The van der Waals surface area contributed by atoms with Gasteiger partial charge in [-0.25, -0.2) is 0 Å². The monoisotopic (exact) mass is 270 g/mol. The number of methoxy groups -OCH3 is 1. The molecule has 0 fully saturated rings. The van der Waals surface area contributed by atoms with Gasteiger partial charge in [0.05, 0.1) is 0 Å². The molecule has 0 unspecified atom stereocenters. The number of aryl methyl sites for hydroxylation is 1. The average molecular weight is 270 g/mol. The molecule has 0 saturated heterocycles. The van der Waals surface area contributed by atoms with Gasteiger partial charge in [-0.3, -0.25) is 4.57 Å². The third kappa shape index (κ3) is 3.92. The van der Waals surface area contributed by atoms with Crippen molar-refractivity contribution >= 4 is 11.6 Å². The highest BCUT2D eigenvalue weighted by Gasteiger charge is 2.25. The normalized spacial score (nSPS) is 11.6. The van der Waals surface area contributed by atoms with E-state index in [1.807, 2.05) is 0 Å². The highest BCUT2D eigenvalue weighted by atomic mass is 16.6. The van der Waals surface area contributed by atoms with E-state index in [-0.39, 0.29) is 11.2 Å². The third-order valence-electron chi connectivity index (χ3n) is 3.19. The number of hydrogen-bond acceptors (Lipinski definition) is 5. The number of imidazole rings is 1. The van der Waals surface area contributed by atoms with Crippen LogP contribution in [-0.2, 0) is 11.8 Å². The van der Waals surface area contributed by atoms with Crippen LogP contribution in [0, 0.1) is 22.5 Å². The molecule has 0 bridgehead atoms. The molecule has 0 atom stereocenters. The van der Waals surface area contributed by atoms with E-state index in [9.17, 15) is 10.1 Å². The van der Waals surface area contributed by atoms with Gasteiger partial charge < -0.3 is 20.2 Å². The number of rotatable bonds is 7. The smallest absolute Gasteiger partial charge is 0.385 e. The van der Waals surface area contributed by atoms with Crippen molar-refractivity contribution in [2.24, 2.45) is 12.5 Å². The van der Waals surface area contributed by atoms with Crippen molar-refractivity contribution in [3.05, 3.63) is 15.9 Å². The summed E-state index contributed by atoms with van der Waals surface area (Å²) in [4.78, 5) is 14.4. The van der Waals surface area contributed by atoms with Crippen LogP contribution in [0.4, 0.5) is 11.6 Å². The first-order valence-corrected chi connectivity index (χ1v) is 6.19. The highest BCUT2D eigenvalue weighted by Crippen LogP contribution is 2.27. The van der Waals surface area contributed by atoms with Crippen LogP contribution in [0.2, 0.25) is 0 Å². The second-order valence-electron chi connectivity index (χ2n) is 5.41. The Morgan fingerprint density at radius 2 is 2.16 bits per heavy atom. The Morgan fingerprint density at radius 3 is 2.68 bits per heavy atom. The van der Waals surface area contributed by atoms with E-state index < -0.39 is 4.92 Å². The summed E-state index contributed by atoms with van der Waals surface area (Å²) in [5.41, 5.74) is -0.0119. The minimum Gasteiger partial charge on any atom is -0.385 e. The van der Waals surface area contributed by atoms with Crippen LogP contribution in [0.25, 0.3) is 0 Å². The van der Waals surface area contributed by atoms with Crippen molar-refractivity contribution in [3.8, 4) is 0 Å². The fourth-order valence-electron chi connectivity index (χ4n) is 1.71. The van der Waals surface area contributed by atoms with Gasteiger partial charge in [0.1, 0.15) is 0 Å². The predicted octanol–water partition coefficient (Wildman–Crippen LogP) is 2.11. The molecule has 0 aliphatic carbocycles. The summed E-state index contributed by atoms with van der Waals surface area (Å²) < 4.78 is 6.76. The van der Waals surface area contributed by atoms with E-state index in [2.05, 4.69) is 24.1 Å². The maximum Gasteiger partial charge on any atom is 0.406 e. The van der Waals surface area contributed by atoms with Gasteiger partial charge in [0.15, 0.2) is 0 Å². The van der Waals surface area contributed by atoms with Gasteiger partial charge in [0.2, 0.25) is 11.6 Å². The van der Waals surface area contributed by atoms with Crippen LogP contribution >= 0.6 is 0 Å². The molecule has 7 heteroatoms. The molecule has 0 amide bonds. The van der Waals surface area contributed by atoms with E-state index in [0.29, 0.717) is 24.8 Å². The lowest BCUT2D eigenvalue weighted by Gasteiger charge is -2.24. The van der Waals surface area contributed by atoms with Gasteiger partial charge in [-0.2, -0.15) is 0 Å². The lowest BCUT2D eigenvalue weighted by molar-refractivity contribution is -0.388. The summed E-state index contributed by atoms with van der Waals surface area (Å²) in [6, 6.07) is 0. The molecular formula is C12H22N4O3. The van der Waals surface area contributed by atoms with Gasteiger partial charge in [-0.1, -0.05) is 13.8 Å². The molecule has 0 aliphatic heterocycles. The molecular weight excluding hydrogens is 248 g/mol. The van der Waals surface area contributed by atoms with Crippen LogP contribution in [-0.4, -0.2) is 34.7 Å². The molecule has 1 aromatic heterocycles. The highest BCUT2D eigenvalue weighted by molar-refractivity contribution is 5.53. The second-order valence-corrected chi connectivity index (χ2v) is 5.41.